The lowest BCUT2D eigenvalue weighted by Gasteiger charge is -2.14. The Kier molecular flexibility index (Phi) is 5.65. The van der Waals surface area contributed by atoms with Crippen molar-refractivity contribution in [1.82, 2.24) is 0 Å². The predicted molar refractivity (Wildman–Crippen MR) is 104 cm³/mol. The van der Waals surface area contributed by atoms with Crippen molar-refractivity contribution in [1.29, 1.82) is 0 Å². The van der Waals surface area contributed by atoms with Gasteiger partial charge in [0.05, 0.1) is 18.4 Å². The Morgan fingerprint density at radius 2 is 1.89 bits per heavy atom. The van der Waals surface area contributed by atoms with Gasteiger partial charge >= 0.3 is 5.97 Å². The minimum Gasteiger partial charge on any atom is -0.497 e. The molecule has 1 aliphatic rings. The van der Waals surface area contributed by atoms with Gasteiger partial charge in [0.15, 0.2) is 0 Å². The van der Waals surface area contributed by atoms with E-state index >= 15 is 0 Å². The summed E-state index contributed by atoms with van der Waals surface area (Å²) in [6, 6.07) is 12.2. The van der Waals surface area contributed by atoms with Gasteiger partial charge in [-0.25, -0.2) is 9.69 Å². The van der Waals surface area contributed by atoms with Gasteiger partial charge in [-0.15, -0.1) is 0 Å². The molecule has 0 spiro atoms. The van der Waals surface area contributed by atoms with Crippen LogP contribution in [0.1, 0.15) is 16.8 Å². The number of hydrogen-bond acceptors (Lipinski definition) is 6. The van der Waals surface area contributed by atoms with Crippen LogP contribution in [0.15, 0.2) is 48.5 Å². The summed E-state index contributed by atoms with van der Waals surface area (Å²) in [4.78, 5) is 49.1. The SMILES string of the molecule is COc1ccc(N2C(=O)SC(CC(=O)Nc3cccc(C(=O)O)c3)C2=O)cc1. The van der Waals surface area contributed by atoms with Gasteiger partial charge in [0.2, 0.25) is 11.8 Å². The van der Waals surface area contributed by atoms with Gasteiger partial charge in [0, 0.05) is 12.1 Å². The van der Waals surface area contributed by atoms with Crippen LogP contribution in [0.2, 0.25) is 0 Å². The number of carbonyl (C=O) groups is 4. The molecule has 0 radical (unpaired) electrons. The summed E-state index contributed by atoms with van der Waals surface area (Å²) in [5.74, 6) is -1.49. The first-order chi connectivity index (χ1) is 13.4. The van der Waals surface area contributed by atoms with Gasteiger partial charge in [-0.05, 0) is 54.2 Å². The van der Waals surface area contributed by atoms with E-state index in [1.807, 2.05) is 0 Å². The van der Waals surface area contributed by atoms with E-state index in [4.69, 9.17) is 9.84 Å². The second-order valence-corrected chi connectivity index (χ2v) is 7.04. The average molecular weight is 400 g/mol. The molecule has 0 aromatic heterocycles. The van der Waals surface area contributed by atoms with Gasteiger partial charge in [0.25, 0.3) is 5.24 Å². The van der Waals surface area contributed by atoms with E-state index in [0.717, 1.165) is 16.7 Å². The fraction of sp³-hybridized carbons (Fsp3) is 0.158. The summed E-state index contributed by atoms with van der Waals surface area (Å²) < 4.78 is 5.06. The molecule has 9 heteroatoms. The van der Waals surface area contributed by atoms with Crippen LogP contribution < -0.4 is 15.0 Å². The second kappa shape index (κ2) is 8.13. The van der Waals surface area contributed by atoms with Crippen molar-refractivity contribution in [3.8, 4) is 5.75 Å². The molecule has 3 rings (SSSR count). The molecule has 0 aliphatic carbocycles. The molecule has 1 saturated heterocycles. The summed E-state index contributed by atoms with van der Waals surface area (Å²) >= 11 is 0.785. The number of hydrogen-bond donors (Lipinski definition) is 2. The number of benzene rings is 2. The Labute approximate surface area is 164 Å². The first kappa shape index (κ1) is 19.4. The van der Waals surface area contributed by atoms with Crippen LogP contribution in [0.4, 0.5) is 16.2 Å². The van der Waals surface area contributed by atoms with Crippen LogP contribution >= 0.6 is 11.8 Å². The number of amides is 3. The van der Waals surface area contributed by atoms with Crippen molar-refractivity contribution in [2.75, 3.05) is 17.3 Å². The average Bonchev–Trinajstić information content (AvgIpc) is 2.95. The van der Waals surface area contributed by atoms with Crippen molar-refractivity contribution in [2.45, 2.75) is 11.7 Å². The number of carboxylic acids is 1. The van der Waals surface area contributed by atoms with Crippen LogP contribution in [-0.2, 0) is 9.59 Å². The fourth-order valence-electron chi connectivity index (χ4n) is 2.66. The third-order valence-electron chi connectivity index (χ3n) is 4.02. The van der Waals surface area contributed by atoms with Gasteiger partial charge in [-0.1, -0.05) is 6.07 Å². The van der Waals surface area contributed by atoms with Gasteiger partial charge in [-0.3, -0.25) is 14.4 Å². The molecule has 2 aromatic carbocycles. The molecule has 1 atom stereocenters. The van der Waals surface area contributed by atoms with Gasteiger partial charge in [0.1, 0.15) is 11.0 Å². The third kappa shape index (κ3) is 4.15. The number of aromatic carboxylic acids is 1. The highest BCUT2D eigenvalue weighted by molar-refractivity contribution is 8.15. The lowest BCUT2D eigenvalue weighted by atomic mass is 10.2. The van der Waals surface area contributed by atoms with E-state index in [1.165, 1.54) is 25.3 Å². The summed E-state index contributed by atoms with van der Waals surface area (Å²) in [5, 5.41) is 10.2. The quantitative estimate of drug-likeness (QED) is 0.766. The summed E-state index contributed by atoms with van der Waals surface area (Å²) in [6.07, 6.45) is -0.209. The summed E-state index contributed by atoms with van der Waals surface area (Å²) in [6.45, 7) is 0. The van der Waals surface area contributed by atoms with E-state index in [9.17, 15) is 19.2 Å². The minimum atomic E-state index is -1.11. The molecule has 0 saturated carbocycles. The zero-order chi connectivity index (χ0) is 20.3. The number of rotatable bonds is 6. The van der Waals surface area contributed by atoms with Crippen molar-refractivity contribution in [3.63, 3.8) is 0 Å². The largest absolute Gasteiger partial charge is 0.497 e. The van der Waals surface area contributed by atoms with E-state index in [1.54, 1.807) is 30.3 Å². The number of methoxy groups -OCH3 is 1. The first-order valence-electron chi connectivity index (χ1n) is 8.21. The second-order valence-electron chi connectivity index (χ2n) is 5.88. The Bertz CT molecular complexity index is 944. The standard InChI is InChI=1S/C19H16N2O6S/c1-27-14-7-5-13(6-8-14)21-17(23)15(28-19(21)26)10-16(22)20-12-4-2-3-11(9-12)18(24)25/h2-9,15H,10H2,1H3,(H,20,22)(H,24,25). The van der Waals surface area contributed by atoms with E-state index in [2.05, 4.69) is 5.32 Å². The number of nitrogens with one attached hydrogen (secondary N) is 1. The molecule has 2 aromatic rings. The lowest BCUT2D eigenvalue weighted by Crippen LogP contribution is -2.32. The molecule has 144 valence electrons. The smallest absolute Gasteiger partial charge is 0.335 e. The monoisotopic (exact) mass is 400 g/mol. The van der Waals surface area contributed by atoms with Crippen LogP contribution in [0.25, 0.3) is 0 Å². The Morgan fingerprint density at radius 3 is 2.54 bits per heavy atom. The van der Waals surface area contributed by atoms with E-state index in [-0.39, 0.29) is 12.0 Å². The molecular weight excluding hydrogens is 384 g/mol. The number of imide groups is 1. The highest BCUT2D eigenvalue weighted by Gasteiger charge is 2.41. The molecule has 0 bridgehead atoms. The maximum absolute atomic E-state index is 12.6. The maximum atomic E-state index is 12.6. The van der Waals surface area contributed by atoms with E-state index in [0.29, 0.717) is 17.1 Å². The summed E-state index contributed by atoms with van der Waals surface area (Å²) in [5.41, 5.74) is 0.740. The molecule has 28 heavy (non-hydrogen) atoms. The third-order valence-corrected chi connectivity index (χ3v) is 5.05. The van der Waals surface area contributed by atoms with Gasteiger partial charge in [-0.2, -0.15) is 0 Å². The lowest BCUT2D eigenvalue weighted by molar-refractivity contribution is -0.121. The zero-order valence-electron chi connectivity index (χ0n) is 14.7. The number of ether oxygens (including phenoxy) is 1. The van der Waals surface area contributed by atoms with Crippen LogP contribution in [-0.4, -0.2) is 40.5 Å². The first-order valence-corrected chi connectivity index (χ1v) is 9.09. The molecule has 8 nitrogen and oxygen atoms in total. The molecule has 1 aliphatic heterocycles. The highest BCUT2D eigenvalue weighted by Crippen LogP contribution is 2.34. The fourth-order valence-corrected chi connectivity index (χ4v) is 3.65. The normalized spacial score (nSPS) is 16.2. The minimum absolute atomic E-state index is 0.0324. The van der Waals surface area contributed by atoms with E-state index < -0.39 is 28.3 Å². The number of anilines is 2. The number of carbonyl (C=O) groups excluding carboxylic acids is 3. The van der Waals surface area contributed by atoms with Crippen molar-refractivity contribution in [2.24, 2.45) is 0 Å². The predicted octanol–water partition coefficient (Wildman–Crippen LogP) is 2.99. The molecule has 1 unspecified atom stereocenters. The van der Waals surface area contributed by atoms with Gasteiger partial charge < -0.3 is 15.2 Å². The number of thioether (sulfide) groups is 1. The van der Waals surface area contributed by atoms with Crippen molar-refractivity contribution in [3.05, 3.63) is 54.1 Å². The molecule has 1 fully saturated rings. The number of carboxylic acid groups (broad SMARTS) is 1. The van der Waals surface area contributed by atoms with Crippen LogP contribution in [0.3, 0.4) is 0 Å². The maximum Gasteiger partial charge on any atom is 0.335 e. The molecular formula is C19H16N2O6S. The summed E-state index contributed by atoms with van der Waals surface area (Å²) in [7, 11) is 1.51. The molecule has 2 N–H and O–H groups in total. The number of nitrogens with zero attached hydrogens (tertiary/aromatic N) is 1. The topological polar surface area (TPSA) is 113 Å². The highest BCUT2D eigenvalue weighted by atomic mass is 32.2. The Morgan fingerprint density at radius 1 is 1.18 bits per heavy atom. The molecule has 1 heterocycles. The zero-order valence-corrected chi connectivity index (χ0v) is 15.6. The van der Waals surface area contributed by atoms with Crippen molar-refractivity contribution < 1.29 is 29.0 Å². The molecule has 3 amide bonds. The Balaban J connectivity index is 1.67. The Hall–Kier alpha value is -3.33. The van der Waals surface area contributed by atoms with Crippen LogP contribution in [0.5, 0.6) is 5.75 Å². The van der Waals surface area contributed by atoms with Crippen molar-refractivity contribution >= 4 is 46.2 Å². The van der Waals surface area contributed by atoms with Crippen LogP contribution in [0, 0.1) is 0 Å².